The van der Waals surface area contributed by atoms with Gasteiger partial charge in [0.1, 0.15) is 21.2 Å². The van der Waals surface area contributed by atoms with Crippen LogP contribution in [0.1, 0.15) is 11.1 Å². The predicted octanol–water partition coefficient (Wildman–Crippen LogP) is 8.59. The van der Waals surface area contributed by atoms with Gasteiger partial charge in [0.15, 0.2) is 0 Å². The first-order chi connectivity index (χ1) is 23.7. The van der Waals surface area contributed by atoms with Crippen molar-refractivity contribution in [3.8, 4) is 33.4 Å². The molecule has 0 unspecified atom stereocenters. The van der Waals surface area contributed by atoms with Crippen LogP contribution < -0.4 is 11.5 Å². The molecule has 0 aromatic heterocycles. The molecular weight excluding hydrogens is 653 g/mol. The molecule has 14 heteroatoms. The minimum absolute atomic E-state index is 0.0575. The Morgan fingerprint density at radius 1 is 0.604 bits per heavy atom. The summed E-state index contributed by atoms with van der Waals surface area (Å²) in [6.07, 6.45) is 0. The maximum Gasteiger partial charge on any atom is 0.297 e. The van der Waals surface area contributed by atoms with Crippen LogP contribution in [0.2, 0.25) is 2.82 Å². The summed E-state index contributed by atoms with van der Waals surface area (Å²) in [6, 6.07) is 24.0. The smallest absolute Gasteiger partial charge is 0.297 e. The lowest BCUT2D eigenvalue weighted by Gasteiger charge is -2.19. The number of nitrogens with zero attached hydrogens (tertiary/aromatic N) is 2. The number of nitrogens with one attached hydrogen (secondary N) is 2. The molecule has 6 rings (SSSR count). The van der Waals surface area contributed by atoms with E-state index < -0.39 is 30.0 Å². The second-order valence-corrected chi connectivity index (χ2v) is 14.0. The summed E-state index contributed by atoms with van der Waals surface area (Å²) in [5.41, 5.74) is 21.8. The van der Waals surface area contributed by atoms with E-state index in [1.165, 1.54) is 0 Å². The van der Waals surface area contributed by atoms with Crippen LogP contribution in [0.4, 0.5) is 22.7 Å². The van der Waals surface area contributed by atoms with E-state index in [1.807, 2.05) is 13.8 Å². The van der Waals surface area contributed by atoms with Gasteiger partial charge in [0.05, 0.1) is 11.4 Å². The lowest BCUT2D eigenvalue weighted by Crippen LogP contribution is -2.05. The molecule has 242 valence electrons. The van der Waals surface area contributed by atoms with Gasteiger partial charge < -0.3 is 11.5 Å². The van der Waals surface area contributed by atoms with Gasteiger partial charge in [-0.2, -0.15) is 27.1 Å². The van der Waals surface area contributed by atoms with Crippen molar-refractivity contribution in [2.24, 2.45) is 10.2 Å². The highest BCUT2D eigenvalue weighted by molar-refractivity contribution is 7.86. The molecule has 0 radical (unpaired) electrons. The molecule has 0 saturated heterocycles. The third-order valence-corrected chi connectivity index (χ3v) is 10.2. The van der Waals surface area contributed by atoms with Gasteiger partial charge in [0.25, 0.3) is 20.2 Å². The molecule has 0 amide bonds. The van der Waals surface area contributed by atoms with E-state index in [4.69, 9.17) is 14.3 Å². The van der Waals surface area contributed by atoms with Crippen LogP contribution in [0.25, 0.3) is 54.9 Å². The number of nitrogens with two attached hydrogens (primary N) is 2. The number of fused-ring (bicyclic) bond motifs is 2. The van der Waals surface area contributed by atoms with Crippen LogP contribution in [0, 0.1) is 24.9 Å². The number of rotatable bonds is 7. The van der Waals surface area contributed by atoms with E-state index in [-0.39, 0.29) is 33.9 Å². The zero-order valence-electron chi connectivity index (χ0n) is 27.4. The quantitative estimate of drug-likeness (QED) is 0.0541. The van der Waals surface area contributed by atoms with Crippen molar-refractivity contribution in [1.29, 1.82) is 11.0 Å². The van der Waals surface area contributed by atoms with Crippen molar-refractivity contribution in [3.63, 3.8) is 0 Å². The standard InChI is InChI=1S/C34H28N6O6S2/c1-17-15-19(27-23-7-3-5-9-25(23)29(35)31(39-37)33(27)47(41,42)43)11-13-21(17)22-14-12-20(16-18(22)2)28-24-8-4-6-10-26(24)30(36)32(40-38)34(28)48(44,45)46/h3-16,37-38H,35-36H2,1-2H3,(H,41,42,43)(H,44,45,46)/b39-37+,40-38+. The average molecular weight is 681 g/mol. The molecule has 0 spiro atoms. The van der Waals surface area contributed by atoms with E-state index >= 15 is 0 Å². The Hall–Kier alpha value is -5.54. The van der Waals surface area contributed by atoms with Gasteiger partial charge in [-0.05, 0) is 58.0 Å². The van der Waals surface area contributed by atoms with Crippen molar-refractivity contribution in [3.05, 3.63) is 96.1 Å². The molecule has 6 aromatic carbocycles. The average Bonchev–Trinajstić information content (AvgIpc) is 3.06. The molecule has 12 nitrogen and oxygen atoms in total. The van der Waals surface area contributed by atoms with Crippen molar-refractivity contribution in [2.45, 2.75) is 23.6 Å². The van der Waals surface area contributed by atoms with Gasteiger partial charge in [0.2, 0.25) is 2.82 Å². The molecule has 0 heterocycles. The monoisotopic (exact) mass is 680 g/mol. The molecule has 0 aliphatic carbocycles. The summed E-state index contributed by atoms with van der Waals surface area (Å²) < 4.78 is 86.3. The normalized spacial score (nSPS) is 13.1. The highest BCUT2D eigenvalue weighted by Crippen LogP contribution is 2.48. The van der Waals surface area contributed by atoms with Crippen LogP contribution in [0.15, 0.2) is 105 Å². The Morgan fingerprint density at radius 2 is 0.958 bits per heavy atom. The molecular formula is C34H28N6O6S2. The van der Waals surface area contributed by atoms with Crippen molar-refractivity contribution in [2.75, 3.05) is 11.5 Å². The van der Waals surface area contributed by atoms with Gasteiger partial charge >= 0.3 is 0 Å². The van der Waals surface area contributed by atoms with E-state index in [9.17, 15) is 25.9 Å². The third kappa shape index (κ3) is 5.16. The minimum atomic E-state index is -4.91. The second-order valence-electron chi connectivity index (χ2n) is 11.2. The zero-order valence-corrected chi connectivity index (χ0v) is 27.0. The van der Waals surface area contributed by atoms with Crippen molar-refractivity contribution in [1.82, 2.24) is 0 Å². The van der Waals surface area contributed by atoms with Crippen LogP contribution >= 0.6 is 0 Å². The first-order valence-electron chi connectivity index (χ1n) is 15.1. The largest absolute Gasteiger partial charge is 0.396 e. The van der Waals surface area contributed by atoms with Crippen LogP contribution in [-0.4, -0.2) is 25.9 Å². The third-order valence-electron chi connectivity index (χ3n) is 8.40. The maximum absolute atomic E-state index is 12.8. The van der Waals surface area contributed by atoms with E-state index in [0.717, 1.165) is 22.3 Å². The number of benzene rings is 6. The van der Waals surface area contributed by atoms with Gasteiger partial charge in [-0.25, -0.2) is 11.0 Å². The van der Waals surface area contributed by atoms with E-state index in [0.29, 0.717) is 32.7 Å². The molecule has 0 fully saturated rings. The van der Waals surface area contributed by atoms with E-state index in [2.05, 4.69) is 21.3 Å². The molecule has 48 heavy (non-hydrogen) atoms. The zero-order chi connectivity index (χ0) is 36.1. The number of anilines is 2. The number of aryl methyl sites for hydroxylation is 2. The first kappa shape index (κ1) is 29.8. The fraction of sp³-hybridized carbons (Fsp3) is 0.0588. The van der Waals surface area contributed by atoms with Crippen LogP contribution in [-0.2, 0) is 20.2 Å². The van der Waals surface area contributed by atoms with E-state index in [1.54, 1.807) is 84.9 Å². The maximum atomic E-state index is 12.8. The Labute approximate surface area is 278 Å². The topological polar surface area (TPSA) is 233 Å². The SMILES string of the molecule is [H]/N=N/c1c(S(=O)(=O)O)c(-c2ccc(-c3ccc(-c4c(S(=O)(=O)O)c(/N=N/[H])c(N)c5ccccc45)cc3C)c(C)c2)c2ccccc2c1N. The molecule has 6 aromatic rings. The number of nitrogen functional groups attached to an aromatic ring is 2. The predicted molar refractivity (Wildman–Crippen MR) is 185 cm³/mol. The number of hydrogen-bond acceptors (Lipinski definition) is 10. The van der Waals surface area contributed by atoms with Gasteiger partial charge in [-0.3, -0.25) is 9.11 Å². The first-order valence-corrected chi connectivity index (χ1v) is 17.1. The Morgan fingerprint density at radius 3 is 1.27 bits per heavy atom. The molecule has 0 atom stereocenters. The molecule has 8 N–H and O–H groups in total. The Balaban J connectivity index is 1.56. The highest BCUT2D eigenvalue weighted by Gasteiger charge is 2.29. The fourth-order valence-corrected chi connectivity index (χ4v) is 8.13. The summed E-state index contributed by atoms with van der Waals surface area (Å²) in [5, 5.41) is 9.08. The molecule has 0 aliphatic heterocycles. The Kier molecular flexibility index (Phi) is 7.22. The molecule has 0 aliphatic rings. The second kappa shape index (κ2) is 11.6. The highest BCUT2D eigenvalue weighted by atomic mass is 32.2. The molecule has 0 bridgehead atoms. The molecule has 0 saturated carbocycles. The summed E-state index contributed by atoms with van der Waals surface area (Å²) in [7, 11) is -9.82. The van der Waals surface area contributed by atoms with Crippen molar-refractivity contribution < 1.29 is 28.8 Å². The Bertz CT molecular complexity index is 2500. The fourth-order valence-electron chi connectivity index (χ4n) is 6.37. The summed E-state index contributed by atoms with van der Waals surface area (Å²) in [5.74, 6) is 0. The van der Waals surface area contributed by atoms with Gasteiger partial charge in [0, 0.05) is 21.9 Å². The van der Waals surface area contributed by atoms with Gasteiger partial charge in [-0.15, -0.1) is 0 Å². The minimum Gasteiger partial charge on any atom is -0.396 e. The number of hydrogen-bond donors (Lipinski definition) is 6. The van der Waals surface area contributed by atoms with Crippen LogP contribution in [0.3, 0.4) is 0 Å². The van der Waals surface area contributed by atoms with Gasteiger partial charge in [-0.1, -0.05) is 84.9 Å². The summed E-state index contributed by atoms with van der Waals surface area (Å²) >= 11 is 0. The summed E-state index contributed by atoms with van der Waals surface area (Å²) in [4.78, 5) is -1.15. The van der Waals surface area contributed by atoms with Crippen molar-refractivity contribution >= 4 is 64.5 Å². The lowest BCUT2D eigenvalue weighted by molar-refractivity contribution is 0.481. The lowest BCUT2D eigenvalue weighted by atomic mass is 9.89. The summed E-state index contributed by atoms with van der Waals surface area (Å²) in [6.45, 7) is 3.65. The van der Waals surface area contributed by atoms with Crippen LogP contribution in [0.5, 0.6) is 0 Å².